The van der Waals surface area contributed by atoms with Crippen molar-refractivity contribution in [2.75, 3.05) is 13.2 Å². The van der Waals surface area contributed by atoms with Crippen molar-refractivity contribution in [2.45, 2.75) is 26.9 Å². The van der Waals surface area contributed by atoms with Gasteiger partial charge >= 0.3 is 0 Å². The van der Waals surface area contributed by atoms with Crippen molar-refractivity contribution < 1.29 is 9.84 Å². The molecular weight excluding hydrogens is 262 g/mol. The summed E-state index contributed by atoms with van der Waals surface area (Å²) in [6, 6.07) is 14.4. The van der Waals surface area contributed by atoms with Gasteiger partial charge in [0, 0.05) is 18.7 Å². The van der Waals surface area contributed by atoms with Crippen LogP contribution < -0.4 is 10.1 Å². The Morgan fingerprint density at radius 1 is 1.00 bits per heavy atom. The molecule has 0 saturated heterocycles. The molecule has 0 heterocycles. The summed E-state index contributed by atoms with van der Waals surface area (Å²) in [5, 5.41) is 12.3. The van der Waals surface area contributed by atoms with Crippen molar-refractivity contribution in [1.82, 2.24) is 5.32 Å². The Labute approximate surface area is 126 Å². The summed E-state index contributed by atoms with van der Waals surface area (Å²) in [6.07, 6.45) is 0. The largest absolute Gasteiger partial charge is 0.491 e. The Morgan fingerprint density at radius 3 is 2.52 bits per heavy atom. The molecule has 0 unspecified atom stereocenters. The third kappa shape index (κ3) is 4.59. The molecule has 0 bridgehead atoms. The Morgan fingerprint density at radius 2 is 1.76 bits per heavy atom. The van der Waals surface area contributed by atoms with Crippen LogP contribution in [0.1, 0.15) is 22.3 Å². The standard InChI is InChI=1S/C18H23NO2/c1-14-7-8-16(15(2)11-14)12-19-13-17-5-3-4-6-18(17)21-10-9-20/h3-8,11,19-20H,9-10,12-13H2,1-2H3. The first-order valence-corrected chi connectivity index (χ1v) is 7.29. The van der Waals surface area contributed by atoms with E-state index in [0.29, 0.717) is 6.61 Å². The number of hydrogen-bond acceptors (Lipinski definition) is 3. The van der Waals surface area contributed by atoms with Crippen LogP contribution in [0.3, 0.4) is 0 Å². The van der Waals surface area contributed by atoms with Crippen LogP contribution in [0.25, 0.3) is 0 Å². The van der Waals surface area contributed by atoms with Crippen LogP contribution in [-0.4, -0.2) is 18.3 Å². The molecule has 0 aromatic heterocycles. The first kappa shape index (κ1) is 15.5. The predicted molar refractivity (Wildman–Crippen MR) is 85.5 cm³/mol. The van der Waals surface area contributed by atoms with Crippen LogP contribution in [0.5, 0.6) is 5.75 Å². The average Bonchev–Trinajstić information content (AvgIpc) is 2.48. The summed E-state index contributed by atoms with van der Waals surface area (Å²) >= 11 is 0. The highest BCUT2D eigenvalue weighted by molar-refractivity contribution is 5.34. The van der Waals surface area contributed by atoms with E-state index in [4.69, 9.17) is 9.84 Å². The van der Waals surface area contributed by atoms with E-state index in [9.17, 15) is 0 Å². The molecule has 0 amide bonds. The number of benzene rings is 2. The molecule has 0 atom stereocenters. The molecule has 0 aliphatic carbocycles. The molecule has 21 heavy (non-hydrogen) atoms. The van der Waals surface area contributed by atoms with Gasteiger partial charge in [-0.05, 0) is 31.0 Å². The summed E-state index contributed by atoms with van der Waals surface area (Å²) in [4.78, 5) is 0. The number of hydrogen-bond donors (Lipinski definition) is 2. The van der Waals surface area contributed by atoms with E-state index in [2.05, 4.69) is 37.4 Å². The fraction of sp³-hybridized carbons (Fsp3) is 0.333. The second kappa shape index (κ2) is 7.81. The van der Waals surface area contributed by atoms with Crippen molar-refractivity contribution >= 4 is 0 Å². The Hall–Kier alpha value is -1.84. The molecule has 0 aliphatic heterocycles. The van der Waals surface area contributed by atoms with Gasteiger partial charge in [-0.3, -0.25) is 0 Å². The van der Waals surface area contributed by atoms with Crippen LogP contribution in [-0.2, 0) is 13.1 Å². The molecule has 3 nitrogen and oxygen atoms in total. The van der Waals surface area contributed by atoms with Crippen LogP contribution in [0.15, 0.2) is 42.5 Å². The number of aryl methyl sites for hydroxylation is 2. The first-order valence-electron chi connectivity index (χ1n) is 7.29. The van der Waals surface area contributed by atoms with E-state index in [1.807, 2.05) is 24.3 Å². The molecule has 3 heteroatoms. The highest BCUT2D eigenvalue weighted by Crippen LogP contribution is 2.18. The van der Waals surface area contributed by atoms with Gasteiger partial charge in [0.1, 0.15) is 12.4 Å². The highest BCUT2D eigenvalue weighted by atomic mass is 16.5. The topological polar surface area (TPSA) is 41.5 Å². The normalized spacial score (nSPS) is 10.6. The minimum atomic E-state index is 0.0321. The maximum absolute atomic E-state index is 8.86. The van der Waals surface area contributed by atoms with Crippen LogP contribution in [0.4, 0.5) is 0 Å². The Balaban J connectivity index is 1.94. The minimum Gasteiger partial charge on any atom is -0.491 e. The number of ether oxygens (including phenoxy) is 1. The Kier molecular flexibility index (Phi) is 5.78. The first-order chi connectivity index (χ1) is 10.2. The van der Waals surface area contributed by atoms with Gasteiger partial charge in [0.25, 0.3) is 0 Å². The molecule has 2 aromatic rings. The molecule has 2 N–H and O–H groups in total. The zero-order valence-electron chi connectivity index (χ0n) is 12.7. The minimum absolute atomic E-state index is 0.0321. The number of aliphatic hydroxyl groups excluding tert-OH is 1. The van der Waals surface area contributed by atoms with Crippen LogP contribution >= 0.6 is 0 Å². The summed E-state index contributed by atoms with van der Waals surface area (Å²) in [5.41, 5.74) is 5.02. The lowest BCUT2D eigenvalue weighted by Crippen LogP contribution is -2.15. The molecule has 0 saturated carbocycles. The number of nitrogens with one attached hydrogen (secondary N) is 1. The maximum Gasteiger partial charge on any atom is 0.123 e. The smallest absolute Gasteiger partial charge is 0.123 e. The lowest BCUT2D eigenvalue weighted by Gasteiger charge is -2.12. The molecule has 0 spiro atoms. The maximum atomic E-state index is 8.86. The van der Waals surface area contributed by atoms with E-state index in [1.54, 1.807) is 0 Å². The van der Waals surface area contributed by atoms with Crippen LogP contribution in [0, 0.1) is 13.8 Å². The zero-order chi connectivity index (χ0) is 15.1. The van der Waals surface area contributed by atoms with Crippen molar-refractivity contribution in [3.05, 3.63) is 64.7 Å². The summed E-state index contributed by atoms with van der Waals surface area (Å²) in [5.74, 6) is 0.833. The molecule has 0 radical (unpaired) electrons. The van der Waals surface area contributed by atoms with Crippen molar-refractivity contribution in [3.8, 4) is 5.75 Å². The van der Waals surface area contributed by atoms with Crippen LogP contribution in [0.2, 0.25) is 0 Å². The van der Waals surface area contributed by atoms with Gasteiger partial charge < -0.3 is 15.2 Å². The third-order valence-electron chi connectivity index (χ3n) is 3.45. The summed E-state index contributed by atoms with van der Waals surface area (Å²) < 4.78 is 5.54. The third-order valence-corrected chi connectivity index (χ3v) is 3.45. The molecule has 0 aliphatic rings. The Bertz CT molecular complexity index is 581. The average molecular weight is 285 g/mol. The molecule has 112 valence electrons. The van der Waals surface area contributed by atoms with E-state index < -0.39 is 0 Å². The molecule has 2 aromatic carbocycles. The lowest BCUT2D eigenvalue weighted by molar-refractivity contribution is 0.200. The number of aliphatic hydroxyl groups is 1. The zero-order valence-corrected chi connectivity index (χ0v) is 12.7. The molecule has 0 fully saturated rings. The predicted octanol–water partition coefficient (Wildman–Crippen LogP) is 2.96. The second-order valence-electron chi connectivity index (χ2n) is 5.21. The van der Waals surface area contributed by atoms with E-state index >= 15 is 0 Å². The fourth-order valence-electron chi connectivity index (χ4n) is 2.32. The van der Waals surface area contributed by atoms with Gasteiger partial charge in [0.05, 0.1) is 6.61 Å². The number of rotatable bonds is 7. The summed E-state index contributed by atoms with van der Waals surface area (Å²) in [6.45, 7) is 6.19. The van der Waals surface area contributed by atoms with Gasteiger partial charge in [-0.15, -0.1) is 0 Å². The van der Waals surface area contributed by atoms with Gasteiger partial charge in [-0.2, -0.15) is 0 Å². The molecule has 2 rings (SSSR count). The fourth-order valence-corrected chi connectivity index (χ4v) is 2.32. The quantitative estimate of drug-likeness (QED) is 0.822. The van der Waals surface area contributed by atoms with Gasteiger partial charge in [0.15, 0.2) is 0 Å². The van der Waals surface area contributed by atoms with Crippen molar-refractivity contribution in [1.29, 1.82) is 0 Å². The van der Waals surface area contributed by atoms with Gasteiger partial charge in [-0.1, -0.05) is 42.0 Å². The number of para-hydroxylation sites is 1. The second-order valence-corrected chi connectivity index (χ2v) is 5.21. The highest BCUT2D eigenvalue weighted by Gasteiger charge is 2.03. The monoisotopic (exact) mass is 285 g/mol. The van der Waals surface area contributed by atoms with Crippen molar-refractivity contribution in [2.24, 2.45) is 0 Å². The van der Waals surface area contributed by atoms with E-state index in [0.717, 1.165) is 24.4 Å². The molecular formula is C18H23NO2. The summed E-state index contributed by atoms with van der Waals surface area (Å²) in [7, 11) is 0. The van der Waals surface area contributed by atoms with Crippen molar-refractivity contribution in [3.63, 3.8) is 0 Å². The van der Waals surface area contributed by atoms with Gasteiger partial charge in [0.2, 0.25) is 0 Å². The SMILES string of the molecule is Cc1ccc(CNCc2ccccc2OCCO)c(C)c1. The van der Waals surface area contributed by atoms with Gasteiger partial charge in [-0.25, -0.2) is 0 Å². The van der Waals surface area contributed by atoms with E-state index in [1.165, 1.54) is 16.7 Å². The lowest BCUT2D eigenvalue weighted by atomic mass is 10.1. The van der Waals surface area contributed by atoms with E-state index in [-0.39, 0.29) is 6.61 Å².